The first-order chi connectivity index (χ1) is 17.0. The van der Waals surface area contributed by atoms with Gasteiger partial charge >= 0.3 is 5.97 Å². The van der Waals surface area contributed by atoms with Gasteiger partial charge in [0.1, 0.15) is 18.1 Å². The number of hydrogen-bond acceptors (Lipinski definition) is 5. The molecule has 0 aromatic heterocycles. The lowest BCUT2D eigenvalue weighted by molar-refractivity contribution is -0.146. The summed E-state index contributed by atoms with van der Waals surface area (Å²) in [4.78, 5) is 52.2. The molecule has 2 aliphatic heterocycles. The number of imide groups is 1. The first-order valence-corrected chi connectivity index (χ1v) is 13.2. The quantitative estimate of drug-likeness (QED) is 0.303. The van der Waals surface area contributed by atoms with Crippen molar-refractivity contribution >= 4 is 74.4 Å². The lowest BCUT2D eigenvalue weighted by Gasteiger charge is -2.29. The molecule has 3 amide bonds. The molecule has 188 valence electrons. The van der Waals surface area contributed by atoms with E-state index in [-0.39, 0.29) is 37.1 Å². The van der Waals surface area contributed by atoms with Crippen molar-refractivity contribution in [1.82, 2.24) is 10.2 Å². The predicted octanol–water partition coefficient (Wildman–Crippen LogP) is 4.55. The number of esters is 1. The van der Waals surface area contributed by atoms with E-state index in [0.717, 1.165) is 21.2 Å². The van der Waals surface area contributed by atoms with Crippen LogP contribution >= 0.6 is 50.7 Å². The summed E-state index contributed by atoms with van der Waals surface area (Å²) in [5.41, 5.74) is 1.85. The molecule has 3 atom stereocenters. The Morgan fingerprint density at radius 2 is 1.86 bits per heavy atom. The van der Waals surface area contributed by atoms with Crippen LogP contribution in [0.1, 0.15) is 52.2 Å². The number of rotatable bonds is 5. The van der Waals surface area contributed by atoms with Crippen molar-refractivity contribution in [2.45, 2.75) is 47.0 Å². The number of piperidine rings is 1. The highest BCUT2D eigenvalue weighted by molar-refractivity contribution is 9.10. The Labute approximate surface area is 230 Å². The molecular formula is C25H20BrCl3N2O5. The number of hydrogen-bond donors (Lipinski definition) is 1. The van der Waals surface area contributed by atoms with Crippen molar-refractivity contribution < 1.29 is 23.9 Å². The van der Waals surface area contributed by atoms with E-state index in [1.54, 1.807) is 12.1 Å². The highest BCUT2D eigenvalue weighted by atomic mass is 79.9. The maximum atomic E-state index is 13.4. The molecule has 2 fully saturated rings. The van der Waals surface area contributed by atoms with E-state index in [4.69, 9.17) is 39.5 Å². The van der Waals surface area contributed by atoms with Gasteiger partial charge in [-0.15, -0.1) is 0 Å². The molecule has 7 nitrogen and oxygen atoms in total. The fourth-order valence-corrected chi connectivity index (χ4v) is 5.69. The average Bonchev–Trinajstić information content (AvgIpc) is 3.49. The van der Waals surface area contributed by atoms with Crippen LogP contribution in [0.3, 0.4) is 0 Å². The summed E-state index contributed by atoms with van der Waals surface area (Å²) in [6, 6.07) is 12.1. The molecule has 1 saturated carbocycles. The second kappa shape index (κ2) is 9.31. The summed E-state index contributed by atoms with van der Waals surface area (Å²) in [6.45, 7) is -0.178. The molecule has 1 saturated heterocycles. The van der Waals surface area contributed by atoms with Crippen LogP contribution in [-0.2, 0) is 31.1 Å². The fraction of sp³-hybridized carbons (Fsp3) is 0.360. The third kappa shape index (κ3) is 4.53. The second-order valence-corrected chi connectivity index (χ2v) is 12.6. The van der Waals surface area contributed by atoms with Gasteiger partial charge in [-0.3, -0.25) is 24.5 Å². The monoisotopic (exact) mass is 612 g/mol. The number of amides is 3. The van der Waals surface area contributed by atoms with E-state index in [0.29, 0.717) is 12.0 Å². The van der Waals surface area contributed by atoms with Gasteiger partial charge in [0.05, 0.1) is 0 Å². The largest absolute Gasteiger partial charge is 0.460 e. The van der Waals surface area contributed by atoms with Crippen molar-refractivity contribution in [3.05, 3.63) is 69.2 Å². The standard InChI is InChI=1S/C25H20BrCl3N2O5/c26-14-6-4-13(5-7-14)24(23(35)36-12-25(27,28)29)10-18(24)15-2-1-3-16-17(15)11-31(22(16)34)19-8-9-20(32)30-21(19)33/h1-7,18-19H,8-12H2,(H,30,32,33)/t18-,19?,24-/m1/s1. The van der Waals surface area contributed by atoms with Crippen molar-refractivity contribution in [3.63, 3.8) is 0 Å². The average molecular weight is 615 g/mol. The zero-order valence-corrected chi connectivity index (χ0v) is 22.6. The number of halogens is 4. The maximum absolute atomic E-state index is 13.4. The number of nitrogens with zero attached hydrogens (tertiary/aromatic N) is 1. The molecule has 11 heteroatoms. The second-order valence-electron chi connectivity index (χ2n) is 9.20. The Morgan fingerprint density at radius 1 is 1.14 bits per heavy atom. The number of fused-ring (bicyclic) bond motifs is 1. The zero-order valence-electron chi connectivity index (χ0n) is 18.7. The Balaban J connectivity index is 1.48. The van der Waals surface area contributed by atoms with Gasteiger partial charge in [0, 0.05) is 28.9 Å². The van der Waals surface area contributed by atoms with E-state index in [9.17, 15) is 19.2 Å². The minimum atomic E-state index is -1.75. The number of benzene rings is 2. The Morgan fingerprint density at radius 3 is 2.53 bits per heavy atom. The topological polar surface area (TPSA) is 92.8 Å². The van der Waals surface area contributed by atoms with Gasteiger partial charge in [-0.05, 0) is 47.7 Å². The van der Waals surface area contributed by atoms with Gasteiger partial charge in [0.25, 0.3) is 5.91 Å². The Kier molecular flexibility index (Phi) is 6.60. The number of nitrogens with one attached hydrogen (secondary N) is 1. The maximum Gasteiger partial charge on any atom is 0.317 e. The number of carbonyl (C=O) groups excluding carboxylic acids is 4. The first-order valence-electron chi connectivity index (χ1n) is 11.3. The smallest absolute Gasteiger partial charge is 0.317 e. The van der Waals surface area contributed by atoms with Crippen LogP contribution in [0, 0.1) is 0 Å². The molecule has 1 N–H and O–H groups in total. The lowest BCUT2D eigenvalue weighted by Crippen LogP contribution is -2.52. The van der Waals surface area contributed by atoms with E-state index < -0.39 is 33.7 Å². The van der Waals surface area contributed by atoms with Gasteiger partial charge in [-0.1, -0.05) is 75.0 Å². The van der Waals surface area contributed by atoms with Gasteiger partial charge in [-0.2, -0.15) is 0 Å². The Bertz CT molecular complexity index is 1280. The highest BCUT2D eigenvalue weighted by Crippen LogP contribution is 2.62. The predicted molar refractivity (Wildman–Crippen MR) is 137 cm³/mol. The molecular weight excluding hydrogens is 595 g/mol. The molecule has 2 aromatic rings. The van der Waals surface area contributed by atoms with Crippen molar-refractivity contribution in [1.29, 1.82) is 0 Å². The normalized spacial score (nSPS) is 25.4. The van der Waals surface area contributed by atoms with Crippen LogP contribution in [-0.4, -0.2) is 45.0 Å². The van der Waals surface area contributed by atoms with Crippen LogP contribution in [0.25, 0.3) is 0 Å². The van der Waals surface area contributed by atoms with Crippen LogP contribution in [0.4, 0.5) is 0 Å². The molecule has 0 bridgehead atoms. The summed E-state index contributed by atoms with van der Waals surface area (Å²) in [7, 11) is 0. The summed E-state index contributed by atoms with van der Waals surface area (Å²) in [5.74, 6) is -1.86. The molecule has 2 heterocycles. The highest BCUT2D eigenvalue weighted by Gasteiger charge is 2.64. The SMILES string of the molecule is O=C1CCC(N2Cc3c(cccc3[C@H]3C[C@@]3(C(=O)OCC(Cl)(Cl)Cl)c3ccc(Br)cc3)C2=O)C(=O)N1. The van der Waals surface area contributed by atoms with E-state index >= 15 is 0 Å². The molecule has 1 aliphatic carbocycles. The lowest BCUT2D eigenvalue weighted by atomic mass is 9.88. The van der Waals surface area contributed by atoms with Crippen LogP contribution < -0.4 is 5.32 Å². The van der Waals surface area contributed by atoms with E-state index in [1.165, 1.54) is 4.90 Å². The fourth-order valence-electron chi connectivity index (χ4n) is 5.26. The molecule has 1 unspecified atom stereocenters. The van der Waals surface area contributed by atoms with E-state index in [1.807, 2.05) is 30.3 Å². The zero-order chi connectivity index (χ0) is 25.8. The number of carbonyl (C=O) groups is 4. The summed E-state index contributed by atoms with van der Waals surface area (Å²) < 4.78 is 4.56. The summed E-state index contributed by atoms with van der Waals surface area (Å²) >= 11 is 20.9. The molecule has 0 radical (unpaired) electrons. The summed E-state index contributed by atoms with van der Waals surface area (Å²) in [5, 5.41) is 2.31. The third-order valence-corrected chi connectivity index (χ3v) is 7.90. The molecule has 0 spiro atoms. The molecule has 36 heavy (non-hydrogen) atoms. The summed E-state index contributed by atoms with van der Waals surface area (Å²) in [6.07, 6.45) is 0.902. The van der Waals surface area contributed by atoms with Crippen molar-refractivity contribution in [2.75, 3.05) is 6.61 Å². The van der Waals surface area contributed by atoms with Crippen LogP contribution in [0.15, 0.2) is 46.9 Å². The first kappa shape index (κ1) is 25.5. The minimum absolute atomic E-state index is 0.174. The Hall–Kier alpha value is -2.13. The minimum Gasteiger partial charge on any atom is -0.460 e. The van der Waals surface area contributed by atoms with Crippen LogP contribution in [0.2, 0.25) is 0 Å². The molecule has 2 aromatic carbocycles. The molecule has 3 aliphatic rings. The van der Waals surface area contributed by atoms with Gasteiger partial charge < -0.3 is 9.64 Å². The van der Waals surface area contributed by atoms with Crippen molar-refractivity contribution in [3.8, 4) is 0 Å². The molecule has 5 rings (SSSR count). The third-order valence-electron chi connectivity index (χ3n) is 7.05. The van der Waals surface area contributed by atoms with Crippen molar-refractivity contribution in [2.24, 2.45) is 0 Å². The number of ether oxygens (including phenoxy) is 1. The van der Waals surface area contributed by atoms with E-state index in [2.05, 4.69) is 21.2 Å². The van der Waals surface area contributed by atoms with Gasteiger partial charge in [0.2, 0.25) is 15.6 Å². The number of alkyl halides is 3. The van der Waals surface area contributed by atoms with Gasteiger partial charge in [0.15, 0.2) is 0 Å². The van der Waals surface area contributed by atoms with Crippen LogP contribution in [0.5, 0.6) is 0 Å². The van der Waals surface area contributed by atoms with Gasteiger partial charge in [-0.25, -0.2) is 0 Å².